The lowest BCUT2D eigenvalue weighted by atomic mass is 9.56. The molecule has 0 saturated carbocycles. The Morgan fingerprint density at radius 1 is 0.940 bits per heavy atom. The molecule has 50 heavy (non-hydrogen) atoms. The van der Waals surface area contributed by atoms with Crippen molar-refractivity contribution in [2.75, 3.05) is 28.4 Å². The van der Waals surface area contributed by atoms with Crippen molar-refractivity contribution in [3.63, 3.8) is 0 Å². The van der Waals surface area contributed by atoms with Crippen LogP contribution in [0.1, 0.15) is 75.4 Å². The first-order chi connectivity index (χ1) is 23.6. The van der Waals surface area contributed by atoms with Gasteiger partial charge in [-0.05, 0) is 31.0 Å². The monoisotopic (exact) mass is 697 g/mol. The Kier molecular flexibility index (Phi) is 8.50. The smallest absolute Gasteiger partial charge is 0.341 e. The van der Waals surface area contributed by atoms with E-state index >= 15 is 0 Å². The Bertz CT molecular complexity index is 1920. The number of rotatable bonds is 6. The van der Waals surface area contributed by atoms with E-state index in [4.69, 9.17) is 23.7 Å². The van der Waals surface area contributed by atoms with Crippen molar-refractivity contribution in [1.29, 1.82) is 0 Å². The van der Waals surface area contributed by atoms with Crippen molar-refractivity contribution in [1.82, 2.24) is 5.32 Å². The molecule has 0 aromatic heterocycles. The molecule has 16 nitrogen and oxygen atoms in total. The fourth-order valence-electron chi connectivity index (χ4n) is 7.85. The molecule has 0 spiro atoms. The number of esters is 1. The highest BCUT2D eigenvalue weighted by Gasteiger charge is 2.72. The molecule has 2 aromatic rings. The first-order valence-electron chi connectivity index (χ1n) is 15.4. The Morgan fingerprint density at radius 2 is 1.60 bits per heavy atom. The van der Waals surface area contributed by atoms with Gasteiger partial charge in [-0.3, -0.25) is 19.2 Å². The van der Waals surface area contributed by atoms with Crippen molar-refractivity contribution in [3.8, 4) is 11.5 Å². The number of aliphatic hydroxyl groups is 3. The van der Waals surface area contributed by atoms with Crippen molar-refractivity contribution in [3.05, 3.63) is 68.4 Å². The van der Waals surface area contributed by atoms with Crippen LogP contribution in [0.4, 0.5) is 0 Å². The highest BCUT2D eigenvalue weighted by molar-refractivity contribution is 6.31. The maximum Gasteiger partial charge on any atom is 0.341 e. The Hall–Kier alpha value is -4.55. The van der Waals surface area contributed by atoms with Crippen LogP contribution in [0.15, 0.2) is 23.9 Å². The number of Topliss-reactive ketones (excluding diaryl/α,β-unsaturated/α-hetero) is 3. The lowest BCUT2D eigenvalue weighted by Gasteiger charge is -2.52. The van der Waals surface area contributed by atoms with E-state index in [9.17, 15) is 49.5 Å². The number of allylic oxidation sites excluding steroid dienone is 2. The number of hydrogen-bond acceptors (Lipinski definition) is 16. The lowest BCUT2D eigenvalue weighted by molar-refractivity contribution is -0.236. The van der Waals surface area contributed by atoms with Crippen molar-refractivity contribution in [2.45, 2.75) is 68.2 Å². The minimum Gasteiger partial charge on any atom is -0.507 e. The van der Waals surface area contributed by atoms with Gasteiger partial charge in [0.15, 0.2) is 23.2 Å². The molecule has 6 rings (SSSR count). The molecular formula is C34H35NO15. The molecule has 5 unspecified atom stereocenters. The van der Waals surface area contributed by atoms with Gasteiger partial charge in [0.2, 0.25) is 17.3 Å². The van der Waals surface area contributed by atoms with E-state index in [0.717, 1.165) is 26.4 Å². The van der Waals surface area contributed by atoms with Crippen LogP contribution in [-0.4, -0.2) is 125 Å². The summed E-state index contributed by atoms with van der Waals surface area (Å²) in [6, 6.07) is 2.18. The summed E-state index contributed by atoms with van der Waals surface area (Å²) in [5.74, 6) is -7.67. The maximum absolute atomic E-state index is 14.6. The zero-order valence-corrected chi connectivity index (χ0v) is 27.7. The number of aryl methyl sites for hydroxylation is 1. The molecule has 1 saturated heterocycles. The molecule has 266 valence electrons. The number of aromatic hydroxyl groups is 2. The first-order valence-corrected chi connectivity index (χ1v) is 15.4. The van der Waals surface area contributed by atoms with Gasteiger partial charge in [0, 0.05) is 50.5 Å². The largest absolute Gasteiger partial charge is 0.507 e. The summed E-state index contributed by atoms with van der Waals surface area (Å²) in [6.45, 7) is 3.06. The molecule has 0 bridgehead atoms. The summed E-state index contributed by atoms with van der Waals surface area (Å²) < 4.78 is 26.8. The number of carbonyl (C=O) groups excluding carboxylic acids is 5. The van der Waals surface area contributed by atoms with E-state index in [2.05, 4.69) is 5.32 Å². The molecular weight excluding hydrogens is 662 g/mol. The van der Waals surface area contributed by atoms with E-state index in [-0.39, 0.29) is 16.8 Å². The molecule has 8 atom stereocenters. The van der Waals surface area contributed by atoms with Crippen LogP contribution in [0.2, 0.25) is 0 Å². The summed E-state index contributed by atoms with van der Waals surface area (Å²) in [4.78, 5) is 69.1. The highest BCUT2D eigenvalue weighted by Crippen LogP contribution is 2.56. The zero-order chi connectivity index (χ0) is 36.8. The Labute approximate surface area is 284 Å². The Morgan fingerprint density at radius 3 is 2.20 bits per heavy atom. The SMILES string of the molecule is COC(=O)c1c(C)cc2c(c1O)[C@]1(O)C(=O)c3cc4c(c(O)c3C(=O)[C@]1(OC)[C@H](O)C2)C(=O)C=C(NC1OC(C)C(OC)C(O)C1OC)C4=O. The number of fused-ring (bicyclic) bond motifs is 5. The molecule has 3 aliphatic carbocycles. The second-order valence-electron chi connectivity index (χ2n) is 12.6. The molecule has 6 N–H and O–H groups in total. The number of phenolic OH excluding ortho intramolecular Hbond substituents is 2. The van der Waals surface area contributed by atoms with E-state index in [0.29, 0.717) is 0 Å². The number of ketones is 4. The summed E-state index contributed by atoms with van der Waals surface area (Å²) in [6.07, 6.45) is -6.55. The minimum atomic E-state index is -3.23. The van der Waals surface area contributed by atoms with Gasteiger partial charge >= 0.3 is 5.97 Å². The fraction of sp³-hybridized carbons (Fsp3) is 0.441. The number of benzene rings is 2. The molecule has 0 amide bonds. The van der Waals surface area contributed by atoms with Gasteiger partial charge in [0.05, 0.1) is 36.1 Å². The molecule has 16 heteroatoms. The number of aliphatic hydroxyl groups excluding tert-OH is 2. The predicted molar refractivity (Wildman–Crippen MR) is 166 cm³/mol. The number of phenols is 2. The number of carbonyl (C=O) groups is 5. The normalized spacial score (nSPS) is 31.7. The second-order valence-corrected chi connectivity index (χ2v) is 12.6. The number of nitrogens with one attached hydrogen (secondary N) is 1. The van der Waals surface area contributed by atoms with Gasteiger partial charge in [-0.15, -0.1) is 0 Å². The second kappa shape index (κ2) is 12.1. The third-order valence-corrected chi connectivity index (χ3v) is 10.2. The maximum atomic E-state index is 14.6. The summed E-state index contributed by atoms with van der Waals surface area (Å²) in [5, 5.41) is 60.3. The molecule has 1 aliphatic heterocycles. The van der Waals surface area contributed by atoms with Gasteiger partial charge < -0.3 is 54.5 Å². The van der Waals surface area contributed by atoms with Crippen molar-refractivity contribution < 1.29 is 73.2 Å². The van der Waals surface area contributed by atoms with Crippen LogP contribution in [0.25, 0.3) is 0 Å². The van der Waals surface area contributed by atoms with Crippen LogP contribution in [0.5, 0.6) is 11.5 Å². The summed E-state index contributed by atoms with van der Waals surface area (Å²) in [5.41, 5.74) is -10.1. The Balaban J connectivity index is 1.51. The molecule has 1 heterocycles. The van der Waals surface area contributed by atoms with E-state index in [1.165, 1.54) is 27.2 Å². The van der Waals surface area contributed by atoms with Crippen molar-refractivity contribution in [2.24, 2.45) is 0 Å². The van der Waals surface area contributed by atoms with Crippen LogP contribution < -0.4 is 5.32 Å². The average Bonchev–Trinajstić information content (AvgIpc) is 3.05. The summed E-state index contributed by atoms with van der Waals surface area (Å²) in [7, 11) is 4.62. The molecule has 1 fully saturated rings. The van der Waals surface area contributed by atoms with Crippen LogP contribution >= 0.6 is 0 Å². The molecule has 4 aliphatic rings. The highest BCUT2D eigenvalue weighted by atomic mass is 16.6. The van der Waals surface area contributed by atoms with Gasteiger partial charge in [-0.1, -0.05) is 6.07 Å². The van der Waals surface area contributed by atoms with Crippen LogP contribution in [0.3, 0.4) is 0 Å². The van der Waals surface area contributed by atoms with Gasteiger partial charge in [0.1, 0.15) is 35.4 Å². The predicted octanol–water partition coefficient (Wildman–Crippen LogP) is -0.250. The quantitative estimate of drug-likeness (QED) is 0.213. The van der Waals surface area contributed by atoms with Crippen LogP contribution in [-0.2, 0) is 35.7 Å². The average molecular weight is 698 g/mol. The fourth-order valence-corrected chi connectivity index (χ4v) is 7.85. The molecule has 2 aromatic carbocycles. The minimum absolute atomic E-state index is 0.00455. The first kappa shape index (κ1) is 35.3. The van der Waals surface area contributed by atoms with Gasteiger partial charge in [-0.2, -0.15) is 0 Å². The van der Waals surface area contributed by atoms with E-state index < -0.39 is 128 Å². The number of methoxy groups -OCH3 is 4. The van der Waals surface area contributed by atoms with Crippen molar-refractivity contribution >= 4 is 29.1 Å². The third kappa shape index (κ3) is 4.40. The molecule has 0 radical (unpaired) electrons. The topological polar surface area (TPSA) is 245 Å². The summed E-state index contributed by atoms with van der Waals surface area (Å²) >= 11 is 0. The third-order valence-electron chi connectivity index (χ3n) is 10.2. The lowest BCUT2D eigenvalue weighted by Crippen LogP contribution is -2.73. The van der Waals surface area contributed by atoms with E-state index in [1.807, 2.05) is 0 Å². The van der Waals surface area contributed by atoms with Crippen LogP contribution in [0, 0.1) is 6.92 Å². The van der Waals surface area contributed by atoms with Gasteiger partial charge in [-0.25, -0.2) is 4.79 Å². The van der Waals surface area contributed by atoms with E-state index in [1.54, 1.807) is 6.92 Å². The number of ether oxygens (including phenoxy) is 5. The zero-order valence-electron chi connectivity index (χ0n) is 27.7. The number of hydrogen-bond donors (Lipinski definition) is 6. The standard InChI is InChI=1S/C34H35NO15/c1-11-7-13-8-18(37)34(49-6)30(43)21-15(29(42)33(34,45)22(13)25(40)19(11)32(44)48-5)9-14-20(24(21)39)17(36)10-16(23(14)38)35-31-28(47-4)26(41)27(46-3)12(2)50-31/h7,9-10,12,18,26-28,31,35,37,39-41,45H,8H2,1-6H3/t12?,18-,26?,27?,28?,31?,33+,34-/m1/s1. The van der Waals surface area contributed by atoms with Gasteiger partial charge in [0.25, 0.3) is 0 Å².